The average molecular weight is 443 g/mol. The summed E-state index contributed by atoms with van der Waals surface area (Å²) < 4.78 is 0. The minimum atomic E-state index is 0. The van der Waals surface area contributed by atoms with Crippen LogP contribution in [0.1, 0.15) is 30.4 Å². The SMILES string of the molecule is Cl.c1ccc(CN2CCCC(CCc3cc(-c4ccccc4)nc4ccccc34)C2)cc1. The second-order valence-corrected chi connectivity index (χ2v) is 8.82. The average Bonchev–Trinajstić information content (AvgIpc) is 2.84. The normalized spacial score (nSPS) is 16.6. The van der Waals surface area contributed by atoms with Crippen LogP contribution in [0.25, 0.3) is 22.2 Å². The van der Waals surface area contributed by atoms with Crippen LogP contribution in [0, 0.1) is 5.92 Å². The number of benzene rings is 3. The number of piperidine rings is 1. The first-order valence-electron chi connectivity index (χ1n) is 11.6. The molecule has 0 aliphatic carbocycles. The van der Waals surface area contributed by atoms with Crippen molar-refractivity contribution in [3.8, 4) is 11.3 Å². The van der Waals surface area contributed by atoms with Crippen LogP contribution < -0.4 is 0 Å². The Morgan fingerprint density at radius 1 is 0.844 bits per heavy atom. The van der Waals surface area contributed by atoms with Crippen LogP contribution in [-0.4, -0.2) is 23.0 Å². The van der Waals surface area contributed by atoms with Crippen molar-refractivity contribution in [3.63, 3.8) is 0 Å². The Bertz CT molecular complexity index is 1130. The first-order valence-corrected chi connectivity index (χ1v) is 11.6. The number of rotatable bonds is 6. The smallest absolute Gasteiger partial charge is 0.0712 e. The van der Waals surface area contributed by atoms with Crippen molar-refractivity contribution in [1.82, 2.24) is 9.88 Å². The molecule has 2 heterocycles. The standard InChI is InChI=1S/C29H30N2.ClH/c1-3-10-23(11-4-1)21-31-19-9-12-24(22-31)17-18-26-20-29(25-13-5-2-6-14-25)30-28-16-8-7-15-27(26)28;/h1-8,10-11,13-16,20,24H,9,12,17-19,21-22H2;1H. The largest absolute Gasteiger partial charge is 0.299 e. The fourth-order valence-electron chi connectivity index (χ4n) is 4.94. The summed E-state index contributed by atoms with van der Waals surface area (Å²) in [6, 6.07) is 32.4. The third-order valence-corrected chi connectivity index (χ3v) is 6.55. The van der Waals surface area contributed by atoms with Crippen molar-refractivity contribution in [3.05, 3.63) is 102 Å². The molecule has 3 aromatic carbocycles. The number of fused-ring (bicyclic) bond motifs is 1. The Morgan fingerprint density at radius 3 is 2.38 bits per heavy atom. The van der Waals surface area contributed by atoms with Crippen molar-refractivity contribution in [2.45, 2.75) is 32.2 Å². The molecular formula is C29H31ClN2. The summed E-state index contributed by atoms with van der Waals surface area (Å²) in [5.74, 6) is 0.768. The molecule has 1 fully saturated rings. The van der Waals surface area contributed by atoms with Crippen LogP contribution >= 0.6 is 12.4 Å². The maximum atomic E-state index is 4.95. The van der Waals surface area contributed by atoms with Crippen LogP contribution in [0.2, 0.25) is 0 Å². The van der Waals surface area contributed by atoms with Crippen molar-refractivity contribution in [2.75, 3.05) is 13.1 Å². The van der Waals surface area contributed by atoms with Crippen molar-refractivity contribution >= 4 is 23.3 Å². The second-order valence-electron chi connectivity index (χ2n) is 8.82. The summed E-state index contributed by atoms with van der Waals surface area (Å²) >= 11 is 0. The molecule has 2 nitrogen and oxygen atoms in total. The summed E-state index contributed by atoms with van der Waals surface area (Å²) in [6.45, 7) is 3.51. The zero-order valence-corrected chi connectivity index (χ0v) is 19.3. The summed E-state index contributed by atoms with van der Waals surface area (Å²) in [5, 5.41) is 1.30. The quantitative estimate of drug-likeness (QED) is 0.314. The number of halogens is 1. The number of pyridine rings is 1. The summed E-state index contributed by atoms with van der Waals surface area (Å²) in [7, 11) is 0. The Kier molecular flexibility index (Phi) is 7.57. The Hall–Kier alpha value is -2.68. The highest BCUT2D eigenvalue weighted by Gasteiger charge is 2.20. The molecule has 32 heavy (non-hydrogen) atoms. The van der Waals surface area contributed by atoms with E-state index in [1.54, 1.807) is 0 Å². The number of hydrogen-bond acceptors (Lipinski definition) is 2. The van der Waals surface area contributed by atoms with Gasteiger partial charge in [0.15, 0.2) is 0 Å². The first kappa shape index (κ1) is 22.5. The fourth-order valence-corrected chi connectivity index (χ4v) is 4.94. The fraction of sp³-hybridized carbons (Fsp3) is 0.276. The Labute approximate surface area is 197 Å². The lowest BCUT2D eigenvalue weighted by Crippen LogP contribution is -2.35. The van der Waals surface area contributed by atoms with Crippen molar-refractivity contribution in [2.24, 2.45) is 5.92 Å². The molecule has 1 unspecified atom stereocenters. The first-order chi connectivity index (χ1) is 15.3. The minimum absolute atomic E-state index is 0. The molecule has 4 aromatic rings. The predicted molar refractivity (Wildman–Crippen MR) is 137 cm³/mol. The minimum Gasteiger partial charge on any atom is -0.299 e. The molecule has 1 atom stereocenters. The van der Waals surface area contributed by atoms with Gasteiger partial charge in [-0.1, -0.05) is 78.9 Å². The van der Waals surface area contributed by atoms with Gasteiger partial charge in [0.2, 0.25) is 0 Å². The Morgan fingerprint density at radius 2 is 1.56 bits per heavy atom. The van der Waals surface area contributed by atoms with E-state index < -0.39 is 0 Å². The van der Waals surface area contributed by atoms with Gasteiger partial charge in [-0.25, -0.2) is 4.98 Å². The van der Waals surface area contributed by atoms with E-state index in [1.165, 1.54) is 54.4 Å². The van der Waals surface area contributed by atoms with Crippen molar-refractivity contribution in [1.29, 1.82) is 0 Å². The molecule has 0 bridgehead atoms. The van der Waals surface area contributed by atoms with Gasteiger partial charge in [-0.15, -0.1) is 12.4 Å². The number of nitrogens with zero attached hydrogens (tertiary/aromatic N) is 2. The molecule has 0 radical (unpaired) electrons. The summed E-state index contributed by atoms with van der Waals surface area (Å²) in [4.78, 5) is 7.59. The molecule has 1 saturated heterocycles. The molecule has 1 aliphatic heterocycles. The van der Waals surface area contributed by atoms with Gasteiger partial charge in [-0.2, -0.15) is 0 Å². The molecular weight excluding hydrogens is 412 g/mol. The maximum Gasteiger partial charge on any atom is 0.0712 e. The van der Waals surface area contributed by atoms with E-state index >= 15 is 0 Å². The van der Waals surface area contributed by atoms with E-state index in [4.69, 9.17) is 4.98 Å². The van der Waals surface area contributed by atoms with E-state index in [0.717, 1.165) is 30.1 Å². The van der Waals surface area contributed by atoms with Gasteiger partial charge in [0, 0.05) is 24.0 Å². The molecule has 0 saturated carbocycles. The van der Waals surface area contributed by atoms with E-state index in [0.29, 0.717) is 0 Å². The molecule has 5 rings (SSSR count). The molecule has 3 heteroatoms. The van der Waals surface area contributed by atoms with E-state index in [2.05, 4.69) is 95.9 Å². The summed E-state index contributed by atoms with van der Waals surface area (Å²) in [6.07, 6.45) is 5.02. The molecule has 1 aliphatic rings. The Balaban J connectivity index is 0.00000245. The number of hydrogen-bond donors (Lipinski definition) is 0. The molecule has 164 valence electrons. The predicted octanol–water partition coefficient (Wildman–Crippen LogP) is 7.17. The van der Waals surface area contributed by atoms with Gasteiger partial charge in [-0.3, -0.25) is 4.90 Å². The number of para-hydroxylation sites is 1. The van der Waals surface area contributed by atoms with Crippen molar-refractivity contribution < 1.29 is 0 Å². The molecule has 1 aromatic heterocycles. The highest BCUT2D eigenvalue weighted by atomic mass is 35.5. The van der Waals surface area contributed by atoms with Gasteiger partial charge in [0.25, 0.3) is 0 Å². The van der Waals surface area contributed by atoms with E-state index in [1.807, 2.05) is 0 Å². The zero-order valence-electron chi connectivity index (χ0n) is 18.5. The number of aromatic nitrogens is 1. The lowest BCUT2D eigenvalue weighted by atomic mass is 9.90. The summed E-state index contributed by atoms with van der Waals surface area (Å²) in [5.41, 5.74) is 6.25. The van der Waals surface area contributed by atoms with Crippen LogP contribution in [-0.2, 0) is 13.0 Å². The van der Waals surface area contributed by atoms with E-state index in [9.17, 15) is 0 Å². The highest BCUT2D eigenvalue weighted by Crippen LogP contribution is 2.28. The van der Waals surface area contributed by atoms with Crippen LogP contribution in [0.15, 0.2) is 91.0 Å². The lowest BCUT2D eigenvalue weighted by molar-refractivity contribution is 0.162. The van der Waals surface area contributed by atoms with Crippen LogP contribution in [0.5, 0.6) is 0 Å². The zero-order chi connectivity index (χ0) is 20.9. The maximum absolute atomic E-state index is 4.95. The monoisotopic (exact) mass is 442 g/mol. The van der Waals surface area contributed by atoms with Crippen LogP contribution in [0.4, 0.5) is 0 Å². The number of likely N-dealkylation sites (tertiary alicyclic amines) is 1. The van der Waals surface area contributed by atoms with Gasteiger partial charge < -0.3 is 0 Å². The van der Waals surface area contributed by atoms with Gasteiger partial charge in [-0.05, 0) is 61.4 Å². The molecule has 0 amide bonds. The van der Waals surface area contributed by atoms with Gasteiger partial charge >= 0.3 is 0 Å². The lowest BCUT2D eigenvalue weighted by Gasteiger charge is -2.33. The topological polar surface area (TPSA) is 16.1 Å². The third-order valence-electron chi connectivity index (χ3n) is 6.55. The van der Waals surface area contributed by atoms with E-state index in [-0.39, 0.29) is 12.4 Å². The number of aryl methyl sites for hydroxylation is 1. The van der Waals surface area contributed by atoms with Crippen LogP contribution in [0.3, 0.4) is 0 Å². The molecule has 0 N–H and O–H groups in total. The molecule has 0 spiro atoms. The van der Waals surface area contributed by atoms with Gasteiger partial charge in [0.05, 0.1) is 11.2 Å². The van der Waals surface area contributed by atoms with Gasteiger partial charge in [0.1, 0.15) is 0 Å². The highest BCUT2D eigenvalue weighted by molar-refractivity contribution is 5.85. The second kappa shape index (κ2) is 10.8. The third kappa shape index (κ3) is 5.38.